The molecule has 2 bridgehead atoms. The van der Waals surface area contributed by atoms with Crippen molar-refractivity contribution in [1.29, 1.82) is 0 Å². The van der Waals surface area contributed by atoms with Crippen LogP contribution in [0.1, 0.15) is 61.3 Å². The van der Waals surface area contributed by atoms with E-state index in [1.165, 1.54) is 36.1 Å². The van der Waals surface area contributed by atoms with Gasteiger partial charge in [0, 0.05) is 55.0 Å². The summed E-state index contributed by atoms with van der Waals surface area (Å²) in [5.41, 5.74) is 5.04. The number of fused-ring (bicyclic) bond motifs is 4. The van der Waals surface area contributed by atoms with Crippen molar-refractivity contribution in [3.8, 4) is 11.4 Å². The van der Waals surface area contributed by atoms with Gasteiger partial charge in [-0.2, -0.15) is 5.10 Å². The number of rotatable bonds is 7. The fourth-order valence-electron chi connectivity index (χ4n) is 4.91. The van der Waals surface area contributed by atoms with Crippen LogP contribution in [-0.4, -0.2) is 37.8 Å². The second-order valence-corrected chi connectivity index (χ2v) is 8.39. The molecule has 2 atom stereocenters. The third-order valence-corrected chi connectivity index (χ3v) is 6.53. The molecule has 0 N–H and O–H groups in total. The van der Waals surface area contributed by atoms with E-state index in [1.807, 2.05) is 24.5 Å². The van der Waals surface area contributed by atoms with Gasteiger partial charge in [-0.25, -0.2) is 14.6 Å². The predicted octanol–water partition coefficient (Wildman–Crippen LogP) is 4.28. The fraction of sp³-hybridized carbons (Fsp3) is 0.458. The van der Waals surface area contributed by atoms with Crippen molar-refractivity contribution < 1.29 is 4.74 Å². The summed E-state index contributed by atoms with van der Waals surface area (Å²) in [5.74, 6) is 1.83. The number of aryl methyl sites for hydroxylation is 1. The number of ether oxygens (including phenoxy) is 1. The summed E-state index contributed by atoms with van der Waals surface area (Å²) in [6.07, 6.45) is 12.9. The van der Waals surface area contributed by atoms with E-state index in [-0.39, 0.29) is 0 Å². The SMILES string of the molecule is CCCCc1ncc(CN2C3CCC2c2cnn(-c4ccc(OC)cc4)c2C3)cn1. The van der Waals surface area contributed by atoms with Gasteiger partial charge in [-0.1, -0.05) is 13.3 Å². The Morgan fingerprint density at radius 2 is 1.87 bits per heavy atom. The van der Waals surface area contributed by atoms with Crippen molar-refractivity contribution in [3.05, 3.63) is 65.5 Å². The van der Waals surface area contributed by atoms with Crippen molar-refractivity contribution in [2.45, 2.75) is 64.1 Å². The molecule has 30 heavy (non-hydrogen) atoms. The van der Waals surface area contributed by atoms with Gasteiger partial charge in [-0.3, -0.25) is 4.90 Å². The highest BCUT2D eigenvalue weighted by atomic mass is 16.5. The highest BCUT2D eigenvalue weighted by Crippen LogP contribution is 2.44. The van der Waals surface area contributed by atoms with Crippen molar-refractivity contribution in [1.82, 2.24) is 24.6 Å². The van der Waals surface area contributed by atoms with E-state index in [9.17, 15) is 0 Å². The number of hydrogen-bond acceptors (Lipinski definition) is 5. The van der Waals surface area contributed by atoms with E-state index in [1.54, 1.807) is 7.11 Å². The van der Waals surface area contributed by atoms with Crippen LogP contribution in [-0.2, 0) is 19.4 Å². The van der Waals surface area contributed by atoms with Gasteiger partial charge in [0.2, 0.25) is 0 Å². The quantitative estimate of drug-likeness (QED) is 0.589. The molecule has 0 spiro atoms. The molecule has 1 aromatic carbocycles. The Morgan fingerprint density at radius 3 is 2.60 bits per heavy atom. The Morgan fingerprint density at radius 1 is 1.07 bits per heavy atom. The van der Waals surface area contributed by atoms with Gasteiger partial charge >= 0.3 is 0 Å². The molecule has 6 nitrogen and oxygen atoms in total. The van der Waals surface area contributed by atoms with Crippen molar-refractivity contribution >= 4 is 0 Å². The van der Waals surface area contributed by atoms with E-state index in [0.717, 1.165) is 43.1 Å². The van der Waals surface area contributed by atoms with Crippen LogP contribution in [0.2, 0.25) is 0 Å². The maximum absolute atomic E-state index is 5.29. The molecular formula is C24H29N5O. The molecule has 156 valence electrons. The lowest BCUT2D eigenvalue weighted by Crippen LogP contribution is -2.37. The summed E-state index contributed by atoms with van der Waals surface area (Å²) in [4.78, 5) is 11.8. The molecule has 4 heterocycles. The van der Waals surface area contributed by atoms with Crippen LogP contribution in [0.25, 0.3) is 5.69 Å². The van der Waals surface area contributed by atoms with Gasteiger partial charge < -0.3 is 4.74 Å². The van der Waals surface area contributed by atoms with Gasteiger partial charge in [0.1, 0.15) is 11.6 Å². The first-order chi connectivity index (χ1) is 14.8. The number of benzene rings is 1. The van der Waals surface area contributed by atoms with Crippen molar-refractivity contribution in [2.75, 3.05) is 7.11 Å². The molecule has 2 aliphatic rings. The second-order valence-electron chi connectivity index (χ2n) is 8.39. The van der Waals surface area contributed by atoms with Crippen molar-refractivity contribution in [2.24, 2.45) is 0 Å². The maximum Gasteiger partial charge on any atom is 0.128 e. The van der Waals surface area contributed by atoms with E-state index in [0.29, 0.717) is 12.1 Å². The molecule has 2 aliphatic heterocycles. The van der Waals surface area contributed by atoms with Gasteiger partial charge in [0.15, 0.2) is 0 Å². The smallest absolute Gasteiger partial charge is 0.128 e. The Labute approximate surface area is 177 Å². The molecular weight excluding hydrogens is 374 g/mol. The molecule has 6 heteroatoms. The van der Waals surface area contributed by atoms with Crippen LogP contribution >= 0.6 is 0 Å². The first-order valence-electron chi connectivity index (χ1n) is 11.0. The van der Waals surface area contributed by atoms with Crippen LogP contribution < -0.4 is 4.74 Å². The molecule has 0 saturated carbocycles. The summed E-state index contributed by atoms with van der Waals surface area (Å²) < 4.78 is 7.41. The van der Waals surface area contributed by atoms with Crippen molar-refractivity contribution in [3.63, 3.8) is 0 Å². The van der Waals surface area contributed by atoms with Gasteiger partial charge in [-0.05, 0) is 43.5 Å². The zero-order valence-electron chi connectivity index (χ0n) is 17.8. The average Bonchev–Trinajstić information content (AvgIpc) is 3.33. The van der Waals surface area contributed by atoms with E-state index in [2.05, 4.69) is 44.8 Å². The largest absolute Gasteiger partial charge is 0.497 e. The monoisotopic (exact) mass is 403 g/mol. The molecule has 0 radical (unpaired) electrons. The molecule has 0 aliphatic carbocycles. The molecule has 3 aromatic rings. The Balaban J connectivity index is 1.35. The van der Waals surface area contributed by atoms with Crippen LogP contribution in [0.3, 0.4) is 0 Å². The normalized spacial score (nSPS) is 20.3. The second kappa shape index (κ2) is 8.19. The van der Waals surface area contributed by atoms with Gasteiger partial charge in [-0.15, -0.1) is 0 Å². The highest BCUT2D eigenvalue weighted by molar-refractivity contribution is 5.41. The minimum Gasteiger partial charge on any atom is -0.497 e. The minimum atomic E-state index is 0.436. The topological polar surface area (TPSA) is 56.1 Å². The molecule has 1 fully saturated rings. The number of methoxy groups -OCH3 is 1. The number of hydrogen-bond donors (Lipinski definition) is 0. The molecule has 5 rings (SSSR count). The lowest BCUT2D eigenvalue weighted by Gasteiger charge is -2.34. The van der Waals surface area contributed by atoms with E-state index < -0.39 is 0 Å². The Hall–Kier alpha value is -2.73. The average molecular weight is 404 g/mol. The lowest BCUT2D eigenvalue weighted by atomic mass is 9.99. The minimum absolute atomic E-state index is 0.436. The van der Waals surface area contributed by atoms with Crippen LogP contribution in [0.15, 0.2) is 42.9 Å². The summed E-state index contributed by atoms with van der Waals surface area (Å²) in [5, 5.41) is 4.75. The number of unbranched alkanes of at least 4 members (excludes halogenated alkanes) is 1. The number of aromatic nitrogens is 4. The summed E-state index contributed by atoms with van der Waals surface area (Å²) in [6.45, 7) is 3.11. The molecule has 1 saturated heterocycles. The molecule has 2 unspecified atom stereocenters. The zero-order chi connectivity index (χ0) is 20.5. The van der Waals surface area contributed by atoms with E-state index in [4.69, 9.17) is 9.84 Å². The first-order valence-corrected chi connectivity index (χ1v) is 11.0. The third-order valence-electron chi connectivity index (χ3n) is 6.53. The van der Waals surface area contributed by atoms with Gasteiger partial charge in [0.05, 0.1) is 24.7 Å². The Kier molecular flexibility index (Phi) is 5.25. The predicted molar refractivity (Wildman–Crippen MR) is 116 cm³/mol. The van der Waals surface area contributed by atoms with E-state index >= 15 is 0 Å². The van der Waals surface area contributed by atoms with Crippen LogP contribution in [0.4, 0.5) is 0 Å². The lowest BCUT2D eigenvalue weighted by molar-refractivity contribution is 0.166. The summed E-state index contributed by atoms with van der Waals surface area (Å²) in [7, 11) is 1.70. The standard InChI is InChI=1S/C24H29N5O/c1-3-4-5-24-25-13-17(14-26-24)16-28-19-8-11-22(28)21-15-27-29(23(21)12-19)18-6-9-20(30-2)10-7-18/h6-7,9-10,13-15,19,22H,3-5,8,11-12,16H2,1-2H3. The third kappa shape index (κ3) is 3.49. The number of nitrogens with zero attached hydrogens (tertiary/aromatic N) is 5. The summed E-state index contributed by atoms with van der Waals surface area (Å²) >= 11 is 0. The highest BCUT2D eigenvalue weighted by Gasteiger charge is 2.41. The zero-order valence-corrected chi connectivity index (χ0v) is 17.8. The van der Waals surface area contributed by atoms with Crippen LogP contribution in [0, 0.1) is 0 Å². The van der Waals surface area contributed by atoms with Crippen LogP contribution in [0.5, 0.6) is 5.75 Å². The Bertz CT molecular complexity index is 995. The molecule has 2 aromatic heterocycles. The fourth-order valence-corrected chi connectivity index (χ4v) is 4.91. The maximum atomic E-state index is 5.29. The summed E-state index contributed by atoms with van der Waals surface area (Å²) in [6, 6.07) is 9.14. The first kappa shape index (κ1) is 19.2. The molecule has 0 amide bonds. The van der Waals surface area contributed by atoms with Gasteiger partial charge in [0.25, 0.3) is 0 Å².